The first-order chi connectivity index (χ1) is 13.5. The van der Waals surface area contributed by atoms with Crippen LogP contribution in [-0.4, -0.2) is 36.9 Å². The fourth-order valence-electron chi connectivity index (χ4n) is 3.10. The van der Waals surface area contributed by atoms with E-state index in [4.69, 9.17) is 11.5 Å². The summed E-state index contributed by atoms with van der Waals surface area (Å²) >= 11 is 0. The Bertz CT molecular complexity index is 443. The molecule has 1 atom stereocenters. The monoisotopic (exact) mass is 433 g/mol. The normalized spacial score (nSPS) is 11.2. The molecule has 0 aliphatic heterocycles. The Morgan fingerprint density at radius 1 is 0.862 bits per heavy atom. The molecule has 0 spiro atoms. The molecule has 0 radical (unpaired) electrons. The van der Waals surface area contributed by atoms with Gasteiger partial charge in [-0.15, -0.1) is 12.4 Å². The predicted octanol–water partition coefficient (Wildman–Crippen LogP) is 3.39. The van der Waals surface area contributed by atoms with Gasteiger partial charge in [0.2, 0.25) is 11.8 Å². The van der Waals surface area contributed by atoms with Gasteiger partial charge in [0.15, 0.2) is 5.96 Å². The van der Waals surface area contributed by atoms with Crippen LogP contribution in [0.15, 0.2) is 4.99 Å². The molecule has 0 unspecified atom stereocenters. The van der Waals surface area contributed by atoms with E-state index in [-0.39, 0.29) is 30.2 Å². The number of unbranched alkanes of at least 4 members (excludes halogenated alkanes) is 9. The number of hydrogen-bond donors (Lipinski definition) is 4. The lowest BCUT2D eigenvalue weighted by molar-refractivity contribution is -0.129. The highest BCUT2D eigenvalue weighted by Gasteiger charge is 2.19. The van der Waals surface area contributed by atoms with Crippen molar-refractivity contribution in [3.05, 3.63) is 0 Å². The second kappa shape index (κ2) is 21.2. The summed E-state index contributed by atoms with van der Waals surface area (Å²) in [6.07, 6.45) is 13.6. The molecule has 0 aromatic carbocycles. The molecule has 0 bridgehead atoms. The Morgan fingerprint density at radius 3 is 2.00 bits per heavy atom. The van der Waals surface area contributed by atoms with Crippen molar-refractivity contribution in [1.29, 1.82) is 0 Å². The minimum atomic E-state index is -0.481. The van der Waals surface area contributed by atoms with Crippen molar-refractivity contribution in [2.75, 3.05) is 13.1 Å². The molecule has 0 rings (SSSR count). The van der Waals surface area contributed by atoms with E-state index in [1.807, 2.05) is 6.92 Å². The summed E-state index contributed by atoms with van der Waals surface area (Å²) in [5.74, 6) is -0.0808. The zero-order chi connectivity index (χ0) is 21.0. The molecular formula is C21H44ClN5O2. The van der Waals surface area contributed by atoms with Crippen LogP contribution in [0.4, 0.5) is 0 Å². The van der Waals surface area contributed by atoms with Crippen LogP contribution in [-0.2, 0) is 9.59 Å². The number of aliphatic imine (C=N–C) groups is 1. The molecule has 172 valence electrons. The number of rotatable bonds is 18. The van der Waals surface area contributed by atoms with Gasteiger partial charge in [0.1, 0.15) is 6.04 Å². The number of nitrogens with two attached hydrogens (primary N) is 2. The summed E-state index contributed by atoms with van der Waals surface area (Å²) in [6.45, 7) is 5.19. The summed E-state index contributed by atoms with van der Waals surface area (Å²) < 4.78 is 0. The second-order valence-electron chi connectivity index (χ2n) is 7.40. The standard InChI is InChI=1S/C21H43N5O2.ClH/c1-3-5-6-7-8-9-10-11-12-16-19(27)26-18(20(28)24-4-2)15-13-14-17-25-21(22)23;/h18H,3-17H2,1-2H3,(H,24,28)(H,26,27)(H4,22,23,25);1H/t18-;/m0./s1. The van der Waals surface area contributed by atoms with Crippen LogP contribution in [0.2, 0.25) is 0 Å². The molecule has 0 heterocycles. The van der Waals surface area contributed by atoms with Crippen molar-refractivity contribution >= 4 is 30.2 Å². The second-order valence-corrected chi connectivity index (χ2v) is 7.40. The Labute approximate surface area is 183 Å². The molecule has 8 heteroatoms. The van der Waals surface area contributed by atoms with Crippen molar-refractivity contribution in [3.63, 3.8) is 0 Å². The maximum absolute atomic E-state index is 12.2. The van der Waals surface area contributed by atoms with Gasteiger partial charge in [-0.3, -0.25) is 14.6 Å². The lowest BCUT2D eigenvalue weighted by Gasteiger charge is -2.18. The summed E-state index contributed by atoms with van der Waals surface area (Å²) in [5, 5.41) is 5.68. The molecule has 0 aromatic rings. The molecule has 0 fully saturated rings. The number of nitrogens with one attached hydrogen (secondary N) is 2. The van der Waals surface area contributed by atoms with Gasteiger partial charge in [-0.2, -0.15) is 0 Å². The average Bonchev–Trinajstić information content (AvgIpc) is 2.65. The van der Waals surface area contributed by atoms with E-state index in [0.717, 1.165) is 25.7 Å². The van der Waals surface area contributed by atoms with E-state index in [2.05, 4.69) is 22.5 Å². The summed E-state index contributed by atoms with van der Waals surface area (Å²) in [5.41, 5.74) is 10.6. The molecule has 0 aromatic heterocycles. The van der Waals surface area contributed by atoms with Gasteiger partial charge in [0, 0.05) is 19.5 Å². The van der Waals surface area contributed by atoms with Gasteiger partial charge >= 0.3 is 0 Å². The molecule has 29 heavy (non-hydrogen) atoms. The van der Waals surface area contributed by atoms with Crippen molar-refractivity contribution in [2.24, 2.45) is 16.5 Å². The SMILES string of the molecule is CCCCCCCCCCCC(=O)N[C@@H](CCCCN=C(N)N)C(=O)NCC.Cl. The minimum absolute atomic E-state index is 0. The molecule has 0 aliphatic rings. The number of amides is 2. The summed E-state index contributed by atoms with van der Waals surface area (Å²) in [6, 6.07) is -0.481. The fourth-order valence-corrected chi connectivity index (χ4v) is 3.10. The molecule has 0 saturated carbocycles. The summed E-state index contributed by atoms with van der Waals surface area (Å²) in [4.78, 5) is 28.3. The smallest absolute Gasteiger partial charge is 0.242 e. The number of hydrogen-bond acceptors (Lipinski definition) is 3. The molecule has 6 N–H and O–H groups in total. The van der Waals surface area contributed by atoms with E-state index in [1.165, 1.54) is 44.9 Å². The van der Waals surface area contributed by atoms with Crippen LogP contribution in [0.1, 0.15) is 97.3 Å². The van der Waals surface area contributed by atoms with Crippen molar-refractivity contribution < 1.29 is 9.59 Å². The Hall–Kier alpha value is -1.50. The van der Waals surface area contributed by atoms with E-state index in [9.17, 15) is 9.59 Å². The van der Waals surface area contributed by atoms with Crippen LogP contribution in [0, 0.1) is 0 Å². The number of carbonyl (C=O) groups excluding carboxylic acids is 2. The van der Waals surface area contributed by atoms with E-state index < -0.39 is 6.04 Å². The first kappa shape index (κ1) is 29.7. The zero-order valence-electron chi connectivity index (χ0n) is 18.5. The quantitative estimate of drug-likeness (QED) is 0.150. The zero-order valence-corrected chi connectivity index (χ0v) is 19.3. The number of likely N-dealkylation sites (N-methyl/N-ethyl adjacent to an activating group) is 1. The van der Waals surface area contributed by atoms with Crippen LogP contribution in [0.25, 0.3) is 0 Å². The topological polar surface area (TPSA) is 123 Å². The first-order valence-electron chi connectivity index (χ1n) is 11.1. The highest BCUT2D eigenvalue weighted by Crippen LogP contribution is 2.11. The summed E-state index contributed by atoms with van der Waals surface area (Å²) in [7, 11) is 0. The van der Waals surface area contributed by atoms with Crippen LogP contribution >= 0.6 is 12.4 Å². The predicted molar refractivity (Wildman–Crippen MR) is 124 cm³/mol. The molecule has 7 nitrogen and oxygen atoms in total. The van der Waals surface area contributed by atoms with Crippen molar-refractivity contribution in [2.45, 2.75) is 103 Å². The van der Waals surface area contributed by atoms with Crippen LogP contribution < -0.4 is 22.1 Å². The minimum Gasteiger partial charge on any atom is -0.370 e. The third kappa shape index (κ3) is 19.6. The molecule has 0 aliphatic carbocycles. The Morgan fingerprint density at radius 2 is 1.45 bits per heavy atom. The Kier molecular flexibility index (Phi) is 21.7. The highest BCUT2D eigenvalue weighted by molar-refractivity contribution is 5.87. The molecule has 0 saturated heterocycles. The van der Waals surface area contributed by atoms with Gasteiger partial charge in [-0.1, -0.05) is 58.3 Å². The number of halogens is 1. The molecular weight excluding hydrogens is 390 g/mol. The van der Waals surface area contributed by atoms with Crippen LogP contribution in [0.3, 0.4) is 0 Å². The lowest BCUT2D eigenvalue weighted by Crippen LogP contribution is -2.46. The average molecular weight is 434 g/mol. The van der Waals surface area contributed by atoms with E-state index in [1.54, 1.807) is 0 Å². The maximum Gasteiger partial charge on any atom is 0.242 e. The lowest BCUT2D eigenvalue weighted by atomic mass is 10.1. The van der Waals surface area contributed by atoms with Gasteiger partial charge in [0.05, 0.1) is 0 Å². The van der Waals surface area contributed by atoms with Gasteiger partial charge in [-0.05, 0) is 32.6 Å². The van der Waals surface area contributed by atoms with Crippen molar-refractivity contribution in [3.8, 4) is 0 Å². The molecule has 2 amide bonds. The van der Waals surface area contributed by atoms with Gasteiger partial charge in [-0.25, -0.2) is 0 Å². The van der Waals surface area contributed by atoms with E-state index >= 15 is 0 Å². The fraction of sp³-hybridized carbons (Fsp3) is 0.857. The van der Waals surface area contributed by atoms with Gasteiger partial charge in [0.25, 0.3) is 0 Å². The van der Waals surface area contributed by atoms with Crippen LogP contribution in [0.5, 0.6) is 0 Å². The third-order valence-corrected chi connectivity index (χ3v) is 4.71. The van der Waals surface area contributed by atoms with E-state index in [0.29, 0.717) is 25.9 Å². The third-order valence-electron chi connectivity index (χ3n) is 4.71. The highest BCUT2D eigenvalue weighted by atomic mass is 35.5. The number of carbonyl (C=O) groups is 2. The largest absolute Gasteiger partial charge is 0.370 e. The van der Waals surface area contributed by atoms with Gasteiger partial charge < -0.3 is 22.1 Å². The Balaban J connectivity index is 0. The van der Waals surface area contributed by atoms with Crippen molar-refractivity contribution in [1.82, 2.24) is 10.6 Å². The number of guanidine groups is 1. The number of nitrogens with zero attached hydrogens (tertiary/aromatic N) is 1. The maximum atomic E-state index is 12.2. The first-order valence-corrected chi connectivity index (χ1v) is 11.1.